The van der Waals surface area contributed by atoms with Crippen LogP contribution in [0.2, 0.25) is 5.02 Å². The third kappa shape index (κ3) is 2.36. The lowest BCUT2D eigenvalue weighted by atomic mass is 10.1. The Morgan fingerprint density at radius 2 is 2.32 bits per heavy atom. The molecule has 0 spiro atoms. The van der Waals surface area contributed by atoms with Crippen LogP contribution in [0.25, 0.3) is 5.52 Å². The summed E-state index contributed by atoms with van der Waals surface area (Å²) >= 11 is 6.17. The van der Waals surface area contributed by atoms with Gasteiger partial charge in [-0.15, -0.1) is 0 Å². The predicted molar refractivity (Wildman–Crippen MR) is 71.3 cm³/mol. The number of nitrogens with zero attached hydrogens (tertiary/aromatic N) is 2. The zero-order valence-corrected chi connectivity index (χ0v) is 11.4. The van der Waals surface area contributed by atoms with Crippen molar-refractivity contribution in [2.45, 2.75) is 13.5 Å². The first-order chi connectivity index (χ1) is 9.10. The fraction of sp³-hybridized carbons (Fsp3) is 0.333. The molecule has 2 aromatic heterocycles. The highest BCUT2D eigenvalue weighted by molar-refractivity contribution is 6.36. The first kappa shape index (κ1) is 13.6. The summed E-state index contributed by atoms with van der Waals surface area (Å²) in [6.07, 6.45) is 2.99. The zero-order valence-electron chi connectivity index (χ0n) is 10.6. The van der Waals surface area contributed by atoms with E-state index in [2.05, 4.69) is 5.10 Å². The molecule has 6 nitrogen and oxygen atoms in total. The third-order valence-electron chi connectivity index (χ3n) is 2.66. The Labute approximate surface area is 115 Å². The summed E-state index contributed by atoms with van der Waals surface area (Å²) in [5.41, 5.74) is 7.63. The number of ether oxygens (including phenoxy) is 2. The molecule has 2 heterocycles. The molecule has 2 aromatic rings. The summed E-state index contributed by atoms with van der Waals surface area (Å²) in [5, 5.41) is 4.44. The summed E-state index contributed by atoms with van der Waals surface area (Å²) in [7, 11) is 1.53. The van der Waals surface area contributed by atoms with E-state index in [4.69, 9.17) is 26.8 Å². The van der Waals surface area contributed by atoms with Gasteiger partial charge in [0.15, 0.2) is 0 Å². The summed E-state index contributed by atoms with van der Waals surface area (Å²) in [5.74, 6) is -0.435. The van der Waals surface area contributed by atoms with Crippen LogP contribution in [0.15, 0.2) is 12.4 Å². The van der Waals surface area contributed by atoms with Gasteiger partial charge in [-0.25, -0.2) is 9.31 Å². The number of halogens is 1. The first-order valence-electron chi connectivity index (χ1n) is 5.70. The molecule has 0 aliphatic heterocycles. The van der Waals surface area contributed by atoms with Crippen molar-refractivity contribution in [3.05, 3.63) is 28.5 Å². The Kier molecular flexibility index (Phi) is 3.92. The number of carbonyl (C=O) groups is 1. The number of hydrogen-bond donors (Lipinski definition) is 1. The molecule has 0 amide bonds. The number of anilines is 1. The smallest absolute Gasteiger partial charge is 0.340 e. The highest BCUT2D eigenvalue weighted by Gasteiger charge is 2.21. The second-order valence-corrected chi connectivity index (χ2v) is 4.26. The van der Waals surface area contributed by atoms with Crippen LogP contribution in [0, 0.1) is 0 Å². The van der Waals surface area contributed by atoms with Crippen molar-refractivity contribution in [1.82, 2.24) is 9.61 Å². The molecule has 0 saturated carbocycles. The van der Waals surface area contributed by atoms with E-state index in [1.54, 1.807) is 13.1 Å². The van der Waals surface area contributed by atoms with Crippen molar-refractivity contribution in [1.29, 1.82) is 0 Å². The molecule has 0 aliphatic carbocycles. The van der Waals surface area contributed by atoms with Gasteiger partial charge in [0.25, 0.3) is 0 Å². The zero-order chi connectivity index (χ0) is 14.0. The van der Waals surface area contributed by atoms with E-state index in [9.17, 15) is 4.79 Å². The SMILES string of the molecule is CCOC(=O)c1cn2ncc(N)c(Cl)c2c1COC. The van der Waals surface area contributed by atoms with E-state index in [1.165, 1.54) is 17.8 Å². The molecule has 0 unspecified atom stereocenters. The molecular formula is C12H14ClN3O3. The Morgan fingerprint density at radius 3 is 2.95 bits per heavy atom. The van der Waals surface area contributed by atoms with E-state index >= 15 is 0 Å². The van der Waals surface area contributed by atoms with Crippen LogP contribution >= 0.6 is 11.6 Å². The standard InChI is InChI=1S/C12H14ClN3O3/c1-3-19-12(17)7-5-16-11(8(7)6-18-2)10(13)9(14)4-15-16/h4-5H,3,6,14H2,1-2H3. The van der Waals surface area contributed by atoms with Gasteiger partial charge in [0.2, 0.25) is 0 Å². The van der Waals surface area contributed by atoms with E-state index in [-0.39, 0.29) is 6.61 Å². The summed E-state index contributed by atoms with van der Waals surface area (Å²) in [6, 6.07) is 0. The van der Waals surface area contributed by atoms with Crippen molar-refractivity contribution < 1.29 is 14.3 Å². The average molecular weight is 284 g/mol. The van der Waals surface area contributed by atoms with E-state index in [0.29, 0.717) is 34.0 Å². The van der Waals surface area contributed by atoms with Gasteiger partial charge in [-0.2, -0.15) is 5.10 Å². The number of rotatable bonds is 4. The Morgan fingerprint density at radius 1 is 1.58 bits per heavy atom. The van der Waals surface area contributed by atoms with Crippen LogP contribution in [0.4, 0.5) is 5.69 Å². The predicted octanol–water partition coefficient (Wildman–Crippen LogP) is 1.89. The van der Waals surface area contributed by atoms with Crippen molar-refractivity contribution in [2.75, 3.05) is 19.5 Å². The topological polar surface area (TPSA) is 78.9 Å². The number of nitrogen functional groups attached to an aromatic ring is 1. The van der Waals surface area contributed by atoms with Crippen molar-refractivity contribution in [3.8, 4) is 0 Å². The van der Waals surface area contributed by atoms with Gasteiger partial charge >= 0.3 is 5.97 Å². The monoisotopic (exact) mass is 283 g/mol. The van der Waals surface area contributed by atoms with E-state index in [0.717, 1.165) is 0 Å². The lowest BCUT2D eigenvalue weighted by Gasteiger charge is -2.05. The van der Waals surface area contributed by atoms with Gasteiger partial charge in [-0.1, -0.05) is 11.6 Å². The third-order valence-corrected chi connectivity index (χ3v) is 3.06. The molecule has 0 aromatic carbocycles. The fourth-order valence-electron chi connectivity index (χ4n) is 1.85. The molecule has 0 bridgehead atoms. The number of fused-ring (bicyclic) bond motifs is 1. The number of aromatic nitrogens is 2. The van der Waals surface area contributed by atoms with E-state index < -0.39 is 5.97 Å². The molecule has 0 aliphatic rings. The molecule has 102 valence electrons. The van der Waals surface area contributed by atoms with Gasteiger partial charge in [-0.3, -0.25) is 0 Å². The largest absolute Gasteiger partial charge is 0.462 e. The normalized spacial score (nSPS) is 10.9. The van der Waals surface area contributed by atoms with Crippen molar-refractivity contribution in [3.63, 3.8) is 0 Å². The van der Waals surface area contributed by atoms with Gasteiger partial charge < -0.3 is 15.2 Å². The van der Waals surface area contributed by atoms with Crippen LogP contribution in [-0.4, -0.2) is 29.3 Å². The van der Waals surface area contributed by atoms with Crippen LogP contribution < -0.4 is 5.73 Å². The molecule has 2 N–H and O–H groups in total. The number of hydrogen-bond acceptors (Lipinski definition) is 5. The van der Waals surface area contributed by atoms with Gasteiger partial charge in [-0.05, 0) is 6.92 Å². The summed E-state index contributed by atoms with van der Waals surface area (Å²) < 4.78 is 11.6. The number of esters is 1. The Bertz CT molecular complexity index is 624. The molecule has 0 saturated heterocycles. The Hall–Kier alpha value is -1.79. The molecular weight excluding hydrogens is 270 g/mol. The Balaban J connectivity index is 2.67. The van der Waals surface area contributed by atoms with Crippen LogP contribution in [0.3, 0.4) is 0 Å². The molecule has 19 heavy (non-hydrogen) atoms. The minimum absolute atomic E-state index is 0.218. The maximum Gasteiger partial charge on any atom is 0.340 e. The minimum Gasteiger partial charge on any atom is -0.462 e. The number of methoxy groups -OCH3 is 1. The highest BCUT2D eigenvalue weighted by atomic mass is 35.5. The number of carbonyl (C=O) groups excluding carboxylic acids is 1. The molecule has 0 atom stereocenters. The van der Waals surface area contributed by atoms with Crippen LogP contribution in [0.1, 0.15) is 22.8 Å². The van der Waals surface area contributed by atoms with E-state index in [1.807, 2.05) is 0 Å². The summed E-state index contributed by atoms with van der Waals surface area (Å²) in [6.45, 7) is 2.25. The molecule has 7 heteroatoms. The van der Waals surface area contributed by atoms with Crippen molar-refractivity contribution in [2.24, 2.45) is 0 Å². The van der Waals surface area contributed by atoms with Crippen LogP contribution in [-0.2, 0) is 16.1 Å². The maximum atomic E-state index is 11.9. The maximum absolute atomic E-state index is 11.9. The lowest BCUT2D eigenvalue weighted by Crippen LogP contribution is -2.06. The first-order valence-corrected chi connectivity index (χ1v) is 6.08. The highest BCUT2D eigenvalue weighted by Crippen LogP contribution is 2.30. The van der Waals surface area contributed by atoms with Gasteiger partial charge in [0.05, 0.1) is 41.2 Å². The second kappa shape index (κ2) is 5.46. The molecule has 0 radical (unpaired) electrons. The van der Waals surface area contributed by atoms with Crippen LogP contribution in [0.5, 0.6) is 0 Å². The fourth-order valence-corrected chi connectivity index (χ4v) is 2.10. The van der Waals surface area contributed by atoms with Gasteiger partial charge in [0, 0.05) is 18.9 Å². The quantitative estimate of drug-likeness (QED) is 0.867. The lowest BCUT2D eigenvalue weighted by molar-refractivity contribution is 0.0522. The minimum atomic E-state index is -0.435. The second-order valence-electron chi connectivity index (χ2n) is 3.88. The number of nitrogens with two attached hydrogens (primary N) is 1. The molecule has 2 rings (SSSR count). The van der Waals surface area contributed by atoms with Gasteiger partial charge in [0.1, 0.15) is 0 Å². The molecule has 0 fully saturated rings. The van der Waals surface area contributed by atoms with Crippen molar-refractivity contribution >= 4 is 28.8 Å². The average Bonchev–Trinajstić information content (AvgIpc) is 2.74. The summed E-state index contributed by atoms with van der Waals surface area (Å²) in [4.78, 5) is 11.9.